The molecule has 0 radical (unpaired) electrons. The van der Waals surface area contributed by atoms with Crippen LogP contribution in [0.2, 0.25) is 0 Å². The molecule has 3 unspecified atom stereocenters. The first-order chi connectivity index (χ1) is 6.90. The lowest BCUT2D eigenvalue weighted by Gasteiger charge is -2.40. The summed E-state index contributed by atoms with van der Waals surface area (Å²) in [6.45, 7) is 6.94. The summed E-state index contributed by atoms with van der Waals surface area (Å²) in [6.07, 6.45) is 3.89. The van der Waals surface area contributed by atoms with Gasteiger partial charge in [0.15, 0.2) is 0 Å². The Labute approximate surface area is 91.5 Å². The van der Waals surface area contributed by atoms with E-state index < -0.39 is 0 Å². The van der Waals surface area contributed by atoms with Crippen LogP contribution in [-0.2, 0) is 0 Å². The minimum Gasteiger partial charge on any atom is -0.369 e. The first-order valence-electron chi connectivity index (χ1n) is 5.70. The van der Waals surface area contributed by atoms with Gasteiger partial charge in [0.25, 0.3) is 0 Å². The highest BCUT2D eigenvalue weighted by atomic mass is 15.3. The molecule has 2 rings (SSSR count). The van der Waals surface area contributed by atoms with Gasteiger partial charge >= 0.3 is 0 Å². The van der Waals surface area contributed by atoms with Crippen molar-refractivity contribution < 1.29 is 0 Å². The number of hydrogen-bond donors (Lipinski definition) is 3. The van der Waals surface area contributed by atoms with Crippen LogP contribution < -0.4 is 17.0 Å². The largest absolute Gasteiger partial charge is 0.369 e. The lowest BCUT2D eigenvalue weighted by molar-refractivity contribution is 0.142. The van der Waals surface area contributed by atoms with Gasteiger partial charge in [0.2, 0.25) is 5.96 Å². The third-order valence-corrected chi connectivity index (χ3v) is 4.61. The number of nitrogens with one attached hydrogen (secondary N) is 1. The first-order valence-corrected chi connectivity index (χ1v) is 5.70. The van der Waals surface area contributed by atoms with E-state index in [1.54, 1.807) is 0 Å². The van der Waals surface area contributed by atoms with Crippen LogP contribution in [0.3, 0.4) is 0 Å². The van der Waals surface area contributed by atoms with Gasteiger partial charge < -0.3 is 5.73 Å². The quantitative estimate of drug-likeness (QED) is 0.261. The van der Waals surface area contributed by atoms with Crippen LogP contribution in [0.15, 0.2) is 4.99 Å². The number of aliphatic imine (C=N–C) groups is 1. The fourth-order valence-electron chi connectivity index (χ4n) is 3.77. The summed E-state index contributed by atoms with van der Waals surface area (Å²) >= 11 is 0. The van der Waals surface area contributed by atoms with Gasteiger partial charge in [-0.25, -0.2) is 10.8 Å². The molecule has 2 aliphatic rings. The van der Waals surface area contributed by atoms with Crippen LogP contribution in [0.25, 0.3) is 0 Å². The molecule has 3 atom stereocenters. The number of nitrogens with zero attached hydrogens (tertiary/aromatic N) is 1. The Balaban J connectivity index is 2.30. The third-order valence-electron chi connectivity index (χ3n) is 4.61. The zero-order chi connectivity index (χ0) is 11.3. The van der Waals surface area contributed by atoms with Crippen molar-refractivity contribution in [3.05, 3.63) is 0 Å². The van der Waals surface area contributed by atoms with E-state index >= 15 is 0 Å². The average molecular weight is 210 g/mol. The molecule has 0 aliphatic heterocycles. The molecular formula is C11H22N4. The van der Waals surface area contributed by atoms with E-state index in [-0.39, 0.29) is 5.41 Å². The molecule has 2 aliphatic carbocycles. The molecule has 86 valence electrons. The molecule has 0 aromatic rings. The lowest BCUT2D eigenvalue weighted by atomic mass is 9.69. The number of guanidine groups is 1. The molecule has 0 aromatic carbocycles. The first kappa shape index (κ1) is 10.7. The van der Waals surface area contributed by atoms with Crippen LogP contribution >= 0.6 is 0 Å². The molecule has 0 saturated heterocycles. The van der Waals surface area contributed by atoms with Crippen molar-refractivity contribution in [2.75, 3.05) is 0 Å². The van der Waals surface area contributed by atoms with Gasteiger partial charge in [-0.05, 0) is 36.0 Å². The van der Waals surface area contributed by atoms with Crippen LogP contribution in [0.4, 0.5) is 0 Å². The third kappa shape index (κ3) is 1.42. The van der Waals surface area contributed by atoms with Crippen LogP contribution in [0, 0.1) is 16.7 Å². The van der Waals surface area contributed by atoms with Crippen LogP contribution in [-0.4, -0.2) is 12.0 Å². The summed E-state index contributed by atoms with van der Waals surface area (Å²) in [7, 11) is 0. The van der Waals surface area contributed by atoms with Crippen molar-refractivity contribution in [2.45, 2.75) is 46.1 Å². The van der Waals surface area contributed by atoms with E-state index in [0.29, 0.717) is 17.4 Å². The van der Waals surface area contributed by atoms with E-state index in [0.717, 1.165) is 5.92 Å². The topological polar surface area (TPSA) is 76.4 Å². The molecule has 0 amide bonds. The fraction of sp³-hybridized carbons (Fsp3) is 0.909. The smallest absolute Gasteiger partial charge is 0.203 e. The predicted octanol–water partition coefficient (Wildman–Crippen LogP) is 0.979. The Kier molecular flexibility index (Phi) is 2.23. The summed E-state index contributed by atoms with van der Waals surface area (Å²) in [5, 5.41) is 0. The van der Waals surface area contributed by atoms with Crippen molar-refractivity contribution in [3.63, 3.8) is 0 Å². The SMILES string of the molecule is CC12CCC(C1)C(C)(C)C2N=C(N)NN. The van der Waals surface area contributed by atoms with Gasteiger partial charge in [0, 0.05) is 0 Å². The zero-order valence-corrected chi connectivity index (χ0v) is 9.88. The van der Waals surface area contributed by atoms with E-state index in [4.69, 9.17) is 11.6 Å². The molecule has 2 fully saturated rings. The van der Waals surface area contributed by atoms with Crippen molar-refractivity contribution >= 4 is 5.96 Å². The van der Waals surface area contributed by atoms with E-state index in [2.05, 4.69) is 31.2 Å². The maximum absolute atomic E-state index is 5.68. The number of hydrogen-bond acceptors (Lipinski definition) is 2. The molecule has 0 aromatic heterocycles. The van der Waals surface area contributed by atoms with Gasteiger partial charge in [-0.3, -0.25) is 5.43 Å². The van der Waals surface area contributed by atoms with E-state index in [1.807, 2.05) is 0 Å². The highest BCUT2D eigenvalue weighted by Crippen LogP contribution is 2.63. The van der Waals surface area contributed by atoms with Crippen LogP contribution in [0.5, 0.6) is 0 Å². The van der Waals surface area contributed by atoms with Gasteiger partial charge in [-0.15, -0.1) is 0 Å². The predicted molar refractivity (Wildman–Crippen MR) is 62.0 cm³/mol. The Morgan fingerprint density at radius 1 is 1.40 bits per heavy atom. The Morgan fingerprint density at radius 2 is 2.07 bits per heavy atom. The van der Waals surface area contributed by atoms with Gasteiger partial charge in [0.05, 0.1) is 6.04 Å². The molecule has 15 heavy (non-hydrogen) atoms. The van der Waals surface area contributed by atoms with Gasteiger partial charge in [-0.2, -0.15) is 0 Å². The molecule has 2 bridgehead atoms. The van der Waals surface area contributed by atoms with Gasteiger partial charge in [0.1, 0.15) is 0 Å². The van der Waals surface area contributed by atoms with Crippen molar-refractivity contribution in [1.29, 1.82) is 0 Å². The Hall–Kier alpha value is -0.770. The monoisotopic (exact) mass is 210 g/mol. The second kappa shape index (κ2) is 3.11. The fourth-order valence-corrected chi connectivity index (χ4v) is 3.77. The van der Waals surface area contributed by atoms with Crippen molar-refractivity contribution in [3.8, 4) is 0 Å². The number of fused-ring (bicyclic) bond motifs is 2. The van der Waals surface area contributed by atoms with E-state index in [1.165, 1.54) is 19.3 Å². The second-order valence-electron chi connectivity index (χ2n) is 5.98. The maximum atomic E-state index is 5.68. The number of hydrazine groups is 1. The molecule has 5 N–H and O–H groups in total. The highest BCUT2D eigenvalue weighted by Gasteiger charge is 2.59. The molecule has 0 heterocycles. The Bertz CT molecular complexity index is 292. The zero-order valence-electron chi connectivity index (χ0n) is 9.88. The normalized spacial score (nSPS) is 43.3. The summed E-state index contributed by atoms with van der Waals surface area (Å²) in [4.78, 5) is 4.56. The molecule has 0 spiro atoms. The number of nitrogens with two attached hydrogens (primary N) is 2. The highest BCUT2D eigenvalue weighted by molar-refractivity contribution is 5.77. The Morgan fingerprint density at radius 3 is 2.53 bits per heavy atom. The maximum Gasteiger partial charge on any atom is 0.203 e. The average Bonchev–Trinajstić information content (AvgIpc) is 2.63. The summed E-state index contributed by atoms with van der Waals surface area (Å²) < 4.78 is 0. The van der Waals surface area contributed by atoms with Gasteiger partial charge in [-0.1, -0.05) is 20.8 Å². The number of rotatable bonds is 1. The molecule has 4 heteroatoms. The standard InChI is InChI=1S/C11H22N4/c1-10(2)7-4-5-11(3,6-7)8(10)14-9(12)15-13/h7-8H,4-6,13H2,1-3H3,(H3,12,14,15). The molecule has 4 nitrogen and oxygen atoms in total. The van der Waals surface area contributed by atoms with E-state index in [9.17, 15) is 0 Å². The molecule has 2 saturated carbocycles. The summed E-state index contributed by atoms with van der Waals surface area (Å²) in [6, 6.07) is 0.305. The minimum absolute atomic E-state index is 0.258. The van der Waals surface area contributed by atoms with Crippen molar-refractivity contribution in [2.24, 2.45) is 33.3 Å². The van der Waals surface area contributed by atoms with Crippen LogP contribution in [0.1, 0.15) is 40.0 Å². The lowest BCUT2D eigenvalue weighted by Crippen LogP contribution is -2.44. The van der Waals surface area contributed by atoms with Crippen molar-refractivity contribution in [1.82, 2.24) is 5.43 Å². The summed E-state index contributed by atoms with van der Waals surface area (Å²) in [5.74, 6) is 6.43. The minimum atomic E-state index is 0.258. The second-order valence-corrected chi connectivity index (χ2v) is 5.98. The summed E-state index contributed by atoms with van der Waals surface area (Å²) in [5.41, 5.74) is 8.70. The molecular weight excluding hydrogens is 188 g/mol.